The first-order chi connectivity index (χ1) is 9.41. The zero-order valence-electron chi connectivity index (χ0n) is 12.3. The van der Waals surface area contributed by atoms with E-state index in [1.165, 1.54) is 0 Å². The number of hydrogen-bond acceptors (Lipinski definition) is 3. The zero-order chi connectivity index (χ0) is 14.8. The molecule has 0 amide bonds. The highest BCUT2D eigenvalue weighted by Gasteiger charge is 2.20. The van der Waals surface area contributed by atoms with Gasteiger partial charge in [-0.3, -0.25) is 0 Å². The monoisotopic (exact) mass is 334 g/mol. The first kappa shape index (κ1) is 15.0. The summed E-state index contributed by atoms with van der Waals surface area (Å²) in [5.41, 5.74) is 1.77. The van der Waals surface area contributed by atoms with Gasteiger partial charge in [0.25, 0.3) is 0 Å². The van der Waals surface area contributed by atoms with Gasteiger partial charge in [0.15, 0.2) is 0 Å². The van der Waals surface area contributed by atoms with Crippen molar-refractivity contribution in [1.82, 2.24) is 9.97 Å². The Morgan fingerprint density at radius 3 is 2.50 bits per heavy atom. The third-order valence-corrected chi connectivity index (χ3v) is 3.23. The van der Waals surface area contributed by atoms with Crippen molar-refractivity contribution in [3.8, 4) is 17.0 Å². The van der Waals surface area contributed by atoms with Crippen LogP contribution in [0.3, 0.4) is 0 Å². The molecule has 0 aliphatic rings. The average Bonchev–Trinajstić information content (AvgIpc) is 2.38. The summed E-state index contributed by atoms with van der Waals surface area (Å²) in [7, 11) is 0. The Bertz CT molecular complexity index is 606. The topological polar surface area (TPSA) is 35.0 Å². The zero-order valence-corrected chi connectivity index (χ0v) is 13.9. The van der Waals surface area contributed by atoms with Crippen LogP contribution in [0, 0.1) is 0 Å². The van der Waals surface area contributed by atoms with Gasteiger partial charge in [0, 0.05) is 11.0 Å². The summed E-state index contributed by atoms with van der Waals surface area (Å²) in [5, 5.41) is 0. The van der Waals surface area contributed by atoms with Crippen LogP contribution in [-0.2, 0) is 5.41 Å². The fraction of sp³-hybridized carbons (Fsp3) is 0.375. The van der Waals surface area contributed by atoms with E-state index in [0.717, 1.165) is 27.4 Å². The van der Waals surface area contributed by atoms with Crippen LogP contribution < -0.4 is 4.74 Å². The van der Waals surface area contributed by atoms with Gasteiger partial charge < -0.3 is 4.74 Å². The van der Waals surface area contributed by atoms with Crippen molar-refractivity contribution in [1.29, 1.82) is 0 Å². The lowest BCUT2D eigenvalue weighted by Gasteiger charge is -2.18. The van der Waals surface area contributed by atoms with Gasteiger partial charge in [-0.2, -0.15) is 0 Å². The maximum absolute atomic E-state index is 5.68. The van der Waals surface area contributed by atoms with Gasteiger partial charge in [0.1, 0.15) is 16.2 Å². The van der Waals surface area contributed by atoms with Gasteiger partial charge in [-0.1, -0.05) is 32.9 Å². The van der Waals surface area contributed by atoms with Crippen molar-refractivity contribution in [3.63, 3.8) is 0 Å². The third kappa shape index (κ3) is 3.37. The van der Waals surface area contributed by atoms with Gasteiger partial charge >= 0.3 is 0 Å². The second-order valence-corrected chi connectivity index (χ2v) is 6.39. The first-order valence-electron chi connectivity index (χ1n) is 6.69. The van der Waals surface area contributed by atoms with Crippen LogP contribution in [0.2, 0.25) is 0 Å². The lowest BCUT2D eigenvalue weighted by Crippen LogP contribution is -2.16. The minimum Gasteiger partial charge on any atom is -0.493 e. The Morgan fingerprint density at radius 2 is 1.85 bits per heavy atom. The van der Waals surface area contributed by atoms with Crippen LogP contribution in [0.15, 0.2) is 34.9 Å². The normalized spacial score (nSPS) is 11.4. The van der Waals surface area contributed by atoms with E-state index < -0.39 is 0 Å². The molecule has 2 rings (SSSR count). The second kappa shape index (κ2) is 5.92. The van der Waals surface area contributed by atoms with Crippen LogP contribution in [0.25, 0.3) is 11.3 Å². The van der Waals surface area contributed by atoms with Crippen molar-refractivity contribution >= 4 is 15.9 Å². The van der Waals surface area contributed by atoms with E-state index in [-0.39, 0.29) is 5.41 Å². The summed E-state index contributed by atoms with van der Waals surface area (Å²) in [5.74, 6) is 1.66. The molecule has 0 atom stereocenters. The number of hydrogen-bond donors (Lipinski definition) is 0. The Morgan fingerprint density at radius 1 is 1.15 bits per heavy atom. The molecule has 1 aromatic carbocycles. The average molecular weight is 335 g/mol. The highest BCUT2D eigenvalue weighted by molar-refractivity contribution is 9.10. The number of halogens is 1. The highest BCUT2D eigenvalue weighted by atomic mass is 79.9. The molecule has 1 heterocycles. The summed E-state index contributed by atoms with van der Waals surface area (Å²) >= 11 is 3.47. The summed E-state index contributed by atoms with van der Waals surface area (Å²) in [6, 6.07) is 9.87. The van der Waals surface area contributed by atoms with Crippen molar-refractivity contribution in [3.05, 3.63) is 40.8 Å². The number of nitrogens with zero attached hydrogens (tertiary/aromatic N) is 2. The van der Waals surface area contributed by atoms with Gasteiger partial charge in [0.2, 0.25) is 0 Å². The third-order valence-electron chi connectivity index (χ3n) is 2.83. The smallest absolute Gasteiger partial charge is 0.135 e. The molecule has 0 radical (unpaired) electrons. The van der Waals surface area contributed by atoms with Crippen molar-refractivity contribution in [2.75, 3.05) is 6.61 Å². The summed E-state index contributed by atoms with van der Waals surface area (Å²) in [6.45, 7) is 8.93. The maximum atomic E-state index is 5.68. The number of rotatable bonds is 3. The van der Waals surface area contributed by atoms with Gasteiger partial charge in [-0.25, -0.2) is 9.97 Å². The molecule has 0 aliphatic carbocycles. The van der Waals surface area contributed by atoms with E-state index in [9.17, 15) is 0 Å². The van der Waals surface area contributed by atoms with Crippen LogP contribution in [0.1, 0.15) is 33.5 Å². The number of para-hydroxylation sites is 1. The quantitative estimate of drug-likeness (QED) is 0.769. The summed E-state index contributed by atoms with van der Waals surface area (Å²) in [4.78, 5) is 9.17. The molecule has 3 nitrogen and oxygen atoms in total. The molecule has 4 heteroatoms. The summed E-state index contributed by atoms with van der Waals surface area (Å²) < 4.78 is 6.47. The lowest BCUT2D eigenvalue weighted by molar-refractivity contribution is 0.341. The van der Waals surface area contributed by atoms with Crippen molar-refractivity contribution in [2.45, 2.75) is 33.1 Å². The molecule has 0 saturated heterocycles. The van der Waals surface area contributed by atoms with E-state index in [2.05, 4.69) is 41.7 Å². The Kier molecular flexibility index (Phi) is 4.43. The molecule has 0 spiro atoms. The van der Waals surface area contributed by atoms with E-state index in [0.29, 0.717) is 6.61 Å². The Balaban J connectivity index is 2.56. The SMILES string of the molecule is CCOc1ccccc1-c1cc(Br)nc(C(C)(C)C)n1. The molecule has 0 bridgehead atoms. The largest absolute Gasteiger partial charge is 0.493 e. The predicted octanol–water partition coefficient (Wildman–Crippen LogP) is 4.60. The molecule has 0 unspecified atom stereocenters. The fourth-order valence-corrected chi connectivity index (χ4v) is 2.24. The number of benzene rings is 1. The van der Waals surface area contributed by atoms with E-state index in [1.54, 1.807) is 0 Å². The van der Waals surface area contributed by atoms with Crippen molar-refractivity contribution in [2.24, 2.45) is 0 Å². The Hall–Kier alpha value is -1.42. The molecule has 0 fully saturated rings. The van der Waals surface area contributed by atoms with Gasteiger partial charge in [-0.15, -0.1) is 0 Å². The first-order valence-corrected chi connectivity index (χ1v) is 7.48. The molecular weight excluding hydrogens is 316 g/mol. The Labute approximate surface area is 128 Å². The molecule has 1 aromatic heterocycles. The minimum absolute atomic E-state index is 0.0981. The molecule has 0 aliphatic heterocycles. The van der Waals surface area contributed by atoms with E-state index in [1.807, 2.05) is 37.3 Å². The number of aromatic nitrogens is 2. The van der Waals surface area contributed by atoms with Crippen LogP contribution in [0.5, 0.6) is 5.75 Å². The molecule has 2 aromatic rings. The predicted molar refractivity (Wildman–Crippen MR) is 85.0 cm³/mol. The van der Waals surface area contributed by atoms with E-state index in [4.69, 9.17) is 9.72 Å². The van der Waals surface area contributed by atoms with Gasteiger partial charge in [-0.05, 0) is 41.1 Å². The fourth-order valence-electron chi connectivity index (χ4n) is 1.85. The highest BCUT2D eigenvalue weighted by Crippen LogP contribution is 2.31. The maximum Gasteiger partial charge on any atom is 0.135 e. The van der Waals surface area contributed by atoms with Crippen LogP contribution >= 0.6 is 15.9 Å². The lowest BCUT2D eigenvalue weighted by atomic mass is 9.95. The molecule has 106 valence electrons. The number of ether oxygens (including phenoxy) is 1. The molecule has 20 heavy (non-hydrogen) atoms. The van der Waals surface area contributed by atoms with Crippen LogP contribution in [-0.4, -0.2) is 16.6 Å². The minimum atomic E-state index is -0.0981. The molecular formula is C16H19BrN2O. The summed E-state index contributed by atoms with van der Waals surface area (Å²) in [6.07, 6.45) is 0. The van der Waals surface area contributed by atoms with Crippen LogP contribution in [0.4, 0.5) is 0 Å². The standard InChI is InChI=1S/C16H19BrN2O/c1-5-20-13-9-7-6-8-11(13)12-10-14(17)19-15(18-12)16(2,3)4/h6-10H,5H2,1-4H3. The van der Waals surface area contributed by atoms with Crippen molar-refractivity contribution < 1.29 is 4.74 Å². The molecule has 0 N–H and O–H groups in total. The molecule has 0 saturated carbocycles. The second-order valence-electron chi connectivity index (χ2n) is 5.58. The van der Waals surface area contributed by atoms with E-state index >= 15 is 0 Å². The van der Waals surface area contributed by atoms with Gasteiger partial charge in [0.05, 0.1) is 12.3 Å².